The van der Waals surface area contributed by atoms with E-state index in [9.17, 15) is 0 Å². The molecule has 0 atom stereocenters. The lowest BCUT2D eigenvalue weighted by atomic mass is 9.95. The minimum atomic E-state index is 0.710. The Bertz CT molecular complexity index is 367. The van der Waals surface area contributed by atoms with Gasteiger partial charge in [0.1, 0.15) is 0 Å². The van der Waals surface area contributed by atoms with Gasteiger partial charge in [0.2, 0.25) is 5.75 Å². The number of nitrogens with one attached hydrogen (secondary N) is 1. The highest BCUT2D eigenvalue weighted by atomic mass is 16.5. The number of hydrogen-bond acceptors (Lipinski definition) is 4. The Labute approximate surface area is 115 Å². The van der Waals surface area contributed by atoms with E-state index in [1.165, 1.54) is 12.8 Å². The number of piperidine rings is 1. The molecule has 0 aromatic heterocycles. The average molecular weight is 265 g/mol. The maximum absolute atomic E-state index is 5.88. The Hall–Kier alpha value is -1.42. The minimum Gasteiger partial charge on any atom is -0.493 e. The van der Waals surface area contributed by atoms with Gasteiger partial charge in [0, 0.05) is 0 Å². The molecule has 2 rings (SSSR count). The van der Waals surface area contributed by atoms with Crippen molar-refractivity contribution >= 4 is 0 Å². The van der Waals surface area contributed by atoms with Crippen LogP contribution in [0.3, 0.4) is 0 Å². The van der Waals surface area contributed by atoms with Crippen LogP contribution in [0.4, 0.5) is 0 Å². The zero-order valence-electron chi connectivity index (χ0n) is 11.8. The zero-order chi connectivity index (χ0) is 13.5. The van der Waals surface area contributed by atoms with Gasteiger partial charge in [-0.2, -0.15) is 0 Å². The summed E-state index contributed by atoms with van der Waals surface area (Å²) in [5.74, 6) is 2.93. The molecule has 1 aliphatic heterocycles. The van der Waals surface area contributed by atoms with Crippen LogP contribution in [0.2, 0.25) is 0 Å². The average Bonchev–Trinajstić information content (AvgIpc) is 2.48. The van der Waals surface area contributed by atoms with E-state index in [-0.39, 0.29) is 0 Å². The SMILES string of the molecule is COc1cccc(OC)c1OCCC1CCNCC1. The summed E-state index contributed by atoms with van der Waals surface area (Å²) in [6, 6.07) is 5.68. The van der Waals surface area contributed by atoms with Gasteiger partial charge >= 0.3 is 0 Å². The molecule has 1 aliphatic rings. The van der Waals surface area contributed by atoms with Crippen molar-refractivity contribution in [1.29, 1.82) is 0 Å². The second kappa shape index (κ2) is 7.24. The van der Waals surface area contributed by atoms with E-state index in [0.717, 1.165) is 36.9 Å². The van der Waals surface area contributed by atoms with Gasteiger partial charge in [-0.3, -0.25) is 0 Å². The standard InChI is InChI=1S/C15H23NO3/c1-17-13-4-3-5-14(18-2)15(13)19-11-8-12-6-9-16-10-7-12/h3-5,12,16H,6-11H2,1-2H3. The first kappa shape index (κ1) is 14.0. The third-order valence-corrected chi connectivity index (χ3v) is 3.61. The monoisotopic (exact) mass is 265 g/mol. The highest BCUT2D eigenvalue weighted by Gasteiger charge is 2.15. The van der Waals surface area contributed by atoms with Crippen LogP contribution in [0, 0.1) is 5.92 Å². The van der Waals surface area contributed by atoms with Gasteiger partial charge in [0.25, 0.3) is 0 Å². The lowest BCUT2D eigenvalue weighted by Gasteiger charge is -2.23. The Morgan fingerprint density at radius 1 is 1.11 bits per heavy atom. The normalized spacial score (nSPS) is 16.1. The fraction of sp³-hybridized carbons (Fsp3) is 0.600. The molecule has 0 bridgehead atoms. The summed E-state index contributed by atoms with van der Waals surface area (Å²) in [6.45, 7) is 2.96. The zero-order valence-corrected chi connectivity index (χ0v) is 11.8. The summed E-state index contributed by atoms with van der Waals surface area (Å²) in [5, 5.41) is 3.38. The molecule has 4 heteroatoms. The quantitative estimate of drug-likeness (QED) is 0.857. The molecule has 1 fully saturated rings. The molecule has 0 spiro atoms. The molecule has 0 amide bonds. The lowest BCUT2D eigenvalue weighted by Crippen LogP contribution is -2.28. The molecule has 1 N–H and O–H groups in total. The molecule has 1 heterocycles. The van der Waals surface area contributed by atoms with Crippen molar-refractivity contribution in [2.45, 2.75) is 19.3 Å². The Morgan fingerprint density at radius 3 is 2.32 bits per heavy atom. The summed E-state index contributed by atoms with van der Waals surface area (Å²) in [4.78, 5) is 0. The van der Waals surface area contributed by atoms with Gasteiger partial charge in [-0.25, -0.2) is 0 Å². The number of benzene rings is 1. The number of para-hydroxylation sites is 1. The summed E-state index contributed by atoms with van der Waals surface area (Å²) in [5.41, 5.74) is 0. The molecular formula is C15H23NO3. The molecule has 1 aromatic rings. The van der Waals surface area contributed by atoms with Gasteiger partial charge in [0.05, 0.1) is 20.8 Å². The molecule has 19 heavy (non-hydrogen) atoms. The molecule has 0 saturated carbocycles. The van der Waals surface area contributed by atoms with Crippen molar-refractivity contribution in [2.24, 2.45) is 5.92 Å². The summed E-state index contributed by atoms with van der Waals surface area (Å²) < 4.78 is 16.5. The van der Waals surface area contributed by atoms with Crippen molar-refractivity contribution in [3.8, 4) is 17.2 Å². The second-order valence-electron chi connectivity index (χ2n) is 4.82. The van der Waals surface area contributed by atoms with Gasteiger partial charge in [-0.05, 0) is 50.4 Å². The largest absolute Gasteiger partial charge is 0.493 e. The van der Waals surface area contributed by atoms with Crippen LogP contribution >= 0.6 is 0 Å². The smallest absolute Gasteiger partial charge is 0.203 e. The number of ether oxygens (including phenoxy) is 3. The molecule has 4 nitrogen and oxygen atoms in total. The van der Waals surface area contributed by atoms with Crippen molar-refractivity contribution in [3.05, 3.63) is 18.2 Å². The second-order valence-corrected chi connectivity index (χ2v) is 4.82. The van der Waals surface area contributed by atoms with E-state index < -0.39 is 0 Å². The summed E-state index contributed by atoms with van der Waals surface area (Å²) in [7, 11) is 3.29. The first-order valence-electron chi connectivity index (χ1n) is 6.89. The molecule has 1 aromatic carbocycles. The van der Waals surface area contributed by atoms with Gasteiger partial charge in [-0.1, -0.05) is 6.07 Å². The van der Waals surface area contributed by atoms with E-state index in [1.54, 1.807) is 14.2 Å². The molecule has 106 valence electrons. The van der Waals surface area contributed by atoms with Gasteiger partial charge in [0.15, 0.2) is 11.5 Å². The van der Waals surface area contributed by atoms with Crippen molar-refractivity contribution < 1.29 is 14.2 Å². The fourth-order valence-electron chi connectivity index (χ4n) is 2.46. The van der Waals surface area contributed by atoms with Crippen molar-refractivity contribution in [3.63, 3.8) is 0 Å². The summed E-state index contributed by atoms with van der Waals surface area (Å²) in [6.07, 6.45) is 3.57. The van der Waals surface area contributed by atoms with E-state index in [2.05, 4.69) is 5.32 Å². The molecule has 0 unspecified atom stereocenters. The van der Waals surface area contributed by atoms with Crippen LogP contribution in [0.5, 0.6) is 17.2 Å². The fourth-order valence-corrected chi connectivity index (χ4v) is 2.46. The maximum atomic E-state index is 5.88. The first-order valence-corrected chi connectivity index (χ1v) is 6.89. The number of rotatable bonds is 6. The maximum Gasteiger partial charge on any atom is 0.203 e. The Morgan fingerprint density at radius 2 is 1.74 bits per heavy atom. The van der Waals surface area contributed by atoms with Crippen LogP contribution in [-0.4, -0.2) is 33.9 Å². The van der Waals surface area contributed by atoms with E-state index >= 15 is 0 Å². The predicted octanol–water partition coefficient (Wildman–Crippen LogP) is 2.47. The Balaban J connectivity index is 1.90. The number of hydrogen-bond donors (Lipinski definition) is 1. The topological polar surface area (TPSA) is 39.7 Å². The number of methoxy groups -OCH3 is 2. The van der Waals surface area contributed by atoms with Crippen LogP contribution in [0.15, 0.2) is 18.2 Å². The van der Waals surface area contributed by atoms with Gasteiger partial charge in [-0.15, -0.1) is 0 Å². The molecule has 0 aliphatic carbocycles. The van der Waals surface area contributed by atoms with Crippen molar-refractivity contribution in [2.75, 3.05) is 33.9 Å². The van der Waals surface area contributed by atoms with E-state index in [4.69, 9.17) is 14.2 Å². The minimum absolute atomic E-state index is 0.710. The third-order valence-electron chi connectivity index (χ3n) is 3.61. The lowest BCUT2D eigenvalue weighted by molar-refractivity contribution is 0.233. The molecule has 0 radical (unpaired) electrons. The molecule has 1 saturated heterocycles. The third kappa shape index (κ3) is 3.77. The van der Waals surface area contributed by atoms with Crippen LogP contribution in [0.1, 0.15) is 19.3 Å². The highest BCUT2D eigenvalue weighted by molar-refractivity contribution is 5.51. The highest BCUT2D eigenvalue weighted by Crippen LogP contribution is 2.37. The first-order chi connectivity index (χ1) is 9.35. The predicted molar refractivity (Wildman–Crippen MR) is 75.3 cm³/mol. The van der Waals surface area contributed by atoms with Crippen LogP contribution in [0.25, 0.3) is 0 Å². The van der Waals surface area contributed by atoms with E-state index in [1.807, 2.05) is 18.2 Å². The van der Waals surface area contributed by atoms with E-state index in [0.29, 0.717) is 12.4 Å². The molecular weight excluding hydrogens is 242 g/mol. The van der Waals surface area contributed by atoms with Gasteiger partial charge < -0.3 is 19.5 Å². The van der Waals surface area contributed by atoms with Crippen LogP contribution < -0.4 is 19.5 Å². The van der Waals surface area contributed by atoms with Crippen molar-refractivity contribution in [1.82, 2.24) is 5.32 Å². The Kier molecular flexibility index (Phi) is 5.33. The summed E-state index contributed by atoms with van der Waals surface area (Å²) >= 11 is 0. The van der Waals surface area contributed by atoms with Crippen LogP contribution in [-0.2, 0) is 0 Å².